The monoisotopic (exact) mass is 351 g/mol. The average molecular weight is 351 g/mol. The standard InChI is InChI=1S/C21H25N3O2/c1-17(18-8-4-2-5-9-18)22-20(25)16-21(26)24-14-12-23(13-15-24)19-10-6-3-7-11-19/h2-11,17H,12-16H2,1H3,(H,22,25). The number of rotatable bonds is 5. The Bertz CT molecular complexity index is 725. The van der Waals surface area contributed by atoms with Gasteiger partial charge in [0.05, 0.1) is 6.04 Å². The molecule has 0 spiro atoms. The second-order valence-electron chi connectivity index (χ2n) is 6.58. The molecule has 1 unspecified atom stereocenters. The van der Waals surface area contributed by atoms with Crippen molar-refractivity contribution >= 4 is 17.5 Å². The Labute approximate surface area is 154 Å². The molecular formula is C21H25N3O2. The van der Waals surface area contributed by atoms with Gasteiger partial charge in [0.25, 0.3) is 0 Å². The summed E-state index contributed by atoms with van der Waals surface area (Å²) in [5.74, 6) is -0.327. The molecule has 1 aliphatic rings. The molecule has 3 rings (SSSR count). The van der Waals surface area contributed by atoms with Gasteiger partial charge in [0.1, 0.15) is 6.42 Å². The average Bonchev–Trinajstić information content (AvgIpc) is 2.69. The SMILES string of the molecule is CC(NC(=O)CC(=O)N1CCN(c2ccccc2)CC1)c1ccccc1. The number of piperazine rings is 1. The fraction of sp³-hybridized carbons (Fsp3) is 0.333. The van der Waals surface area contributed by atoms with E-state index in [4.69, 9.17) is 0 Å². The van der Waals surface area contributed by atoms with E-state index < -0.39 is 0 Å². The first-order chi connectivity index (χ1) is 12.6. The number of carbonyl (C=O) groups excluding carboxylic acids is 2. The summed E-state index contributed by atoms with van der Waals surface area (Å²) in [6.07, 6.45) is -0.0947. The Morgan fingerprint density at radius 2 is 1.50 bits per heavy atom. The summed E-state index contributed by atoms with van der Waals surface area (Å²) < 4.78 is 0. The second-order valence-corrected chi connectivity index (χ2v) is 6.58. The van der Waals surface area contributed by atoms with Crippen molar-refractivity contribution in [1.29, 1.82) is 0 Å². The van der Waals surface area contributed by atoms with Crippen LogP contribution in [0.1, 0.15) is 24.9 Å². The molecule has 1 N–H and O–H groups in total. The van der Waals surface area contributed by atoms with E-state index in [0.29, 0.717) is 13.1 Å². The van der Waals surface area contributed by atoms with Crippen molar-refractivity contribution in [3.8, 4) is 0 Å². The van der Waals surface area contributed by atoms with E-state index in [1.54, 1.807) is 4.90 Å². The van der Waals surface area contributed by atoms with Crippen molar-refractivity contribution in [2.75, 3.05) is 31.1 Å². The van der Waals surface area contributed by atoms with E-state index in [2.05, 4.69) is 22.3 Å². The number of hydrogen-bond donors (Lipinski definition) is 1. The number of amides is 2. The molecule has 1 aliphatic heterocycles. The highest BCUT2D eigenvalue weighted by molar-refractivity contribution is 5.97. The summed E-state index contributed by atoms with van der Waals surface area (Å²) in [6, 6.07) is 19.8. The van der Waals surface area contributed by atoms with Gasteiger partial charge in [-0.15, -0.1) is 0 Å². The predicted molar refractivity (Wildman–Crippen MR) is 103 cm³/mol. The molecule has 1 atom stereocenters. The highest BCUT2D eigenvalue weighted by atomic mass is 16.2. The molecule has 0 radical (unpaired) electrons. The van der Waals surface area contributed by atoms with Crippen LogP contribution in [0.3, 0.4) is 0 Å². The van der Waals surface area contributed by atoms with Gasteiger partial charge in [-0.05, 0) is 24.6 Å². The smallest absolute Gasteiger partial charge is 0.232 e. The maximum absolute atomic E-state index is 12.4. The zero-order valence-electron chi connectivity index (χ0n) is 15.1. The summed E-state index contributed by atoms with van der Waals surface area (Å²) in [6.45, 7) is 4.80. The van der Waals surface area contributed by atoms with E-state index in [1.807, 2.05) is 55.5 Å². The number of carbonyl (C=O) groups is 2. The number of nitrogens with zero attached hydrogens (tertiary/aromatic N) is 2. The van der Waals surface area contributed by atoms with Gasteiger partial charge in [-0.1, -0.05) is 48.5 Å². The molecule has 0 saturated carbocycles. The number of hydrogen-bond acceptors (Lipinski definition) is 3. The highest BCUT2D eigenvalue weighted by Gasteiger charge is 2.23. The molecule has 2 aromatic rings. The maximum Gasteiger partial charge on any atom is 0.232 e. The van der Waals surface area contributed by atoms with Gasteiger partial charge in [0.2, 0.25) is 11.8 Å². The van der Waals surface area contributed by atoms with Gasteiger partial charge >= 0.3 is 0 Å². The fourth-order valence-corrected chi connectivity index (χ4v) is 3.22. The summed E-state index contributed by atoms with van der Waals surface area (Å²) in [7, 11) is 0. The predicted octanol–water partition coefficient (Wildman–Crippen LogP) is 2.60. The van der Waals surface area contributed by atoms with E-state index in [1.165, 1.54) is 5.69 Å². The lowest BCUT2D eigenvalue weighted by Gasteiger charge is -2.36. The minimum absolute atomic E-state index is 0.0947. The quantitative estimate of drug-likeness (QED) is 0.843. The number of benzene rings is 2. The molecule has 0 bridgehead atoms. The van der Waals surface area contributed by atoms with Crippen LogP contribution in [0.25, 0.3) is 0 Å². The van der Waals surface area contributed by atoms with Crippen molar-refractivity contribution in [2.45, 2.75) is 19.4 Å². The van der Waals surface area contributed by atoms with Crippen LogP contribution in [0.4, 0.5) is 5.69 Å². The molecule has 0 aliphatic carbocycles. The fourth-order valence-electron chi connectivity index (χ4n) is 3.22. The van der Waals surface area contributed by atoms with Crippen LogP contribution in [0.15, 0.2) is 60.7 Å². The van der Waals surface area contributed by atoms with Gasteiger partial charge in [-0.3, -0.25) is 9.59 Å². The van der Waals surface area contributed by atoms with Crippen LogP contribution in [0.5, 0.6) is 0 Å². The van der Waals surface area contributed by atoms with E-state index in [0.717, 1.165) is 18.7 Å². The first kappa shape index (κ1) is 18.0. The second kappa shape index (κ2) is 8.52. The number of para-hydroxylation sites is 1. The van der Waals surface area contributed by atoms with Crippen LogP contribution in [0.2, 0.25) is 0 Å². The first-order valence-electron chi connectivity index (χ1n) is 9.05. The molecule has 5 heteroatoms. The maximum atomic E-state index is 12.4. The minimum atomic E-state index is -0.225. The van der Waals surface area contributed by atoms with Gasteiger partial charge in [-0.2, -0.15) is 0 Å². The normalized spacial score (nSPS) is 15.4. The Kier molecular flexibility index (Phi) is 5.89. The first-order valence-corrected chi connectivity index (χ1v) is 9.05. The Morgan fingerprint density at radius 1 is 0.923 bits per heavy atom. The number of nitrogens with one attached hydrogen (secondary N) is 1. The Hall–Kier alpha value is -2.82. The van der Waals surface area contributed by atoms with Crippen molar-refractivity contribution in [3.05, 3.63) is 66.2 Å². The number of anilines is 1. The van der Waals surface area contributed by atoms with Crippen LogP contribution in [-0.2, 0) is 9.59 Å². The van der Waals surface area contributed by atoms with Crippen molar-refractivity contribution in [1.82, 2.24) is 10.2 Å². The molecule has 26 heavy (non-hydrogen) atoms. The highest BCUT2D eigenvalue weighted by Crippen LogP contribution is 2.16. The van der Waals surface area contributed by atoms with E-state index >= 15 is 0 Å². The van der Waals surface area contributed by atoms with Crippen LogP contribution < -0.4 is 10.2 Å². The lowest BCUT2D eigenvalue weighted by molar-refractivity contribution is -0.136. The van der Waals surface area contributed by atoms with Gasteiger partial charge in [0.15, 0.2) is 0 Å². The molecule has 1 fully saturated rings. The summed E-state index contributed by atoms with van der Waals surface area (Å²) >= 11 is 0. The van der Waals surface area contributed by atoms with Crippen LogP contribution in [-0.4, -0.2) is 42.9 Å². The third-order valence-corrected chi connectivity index (χ3v) is 4.74. The third-order valence-electron chi connectivity index (χ3n) is 4.74. The molecule has 1 heterocycles. The topological polar surface area (TPSA) is 52.7 Å². The molecule has 2 amide bonds. The molecule has 2 aromatic carbocycles. The molecule has 0 aromatic heterocycles. The van der Waals surface area contributed by atoms with Gasteiger partial charge in [0, 0.05) is 31.9 Å². The Morgan fingerprint density at radius 3 is 2.12 bits per heavy atom. The minimum Gasteiger partial charge on any atom is -0.368 e. The van der Waals surface area contributed by atoms with Crippen molar-refractivity contribution < 1.29 is 9.59 Å². The lowest BCUT2D eigenvalue weighted by atomic mass is 10.1. The third kappa shape index (κ3) is 4.63. The van der Waals surface area contributed by atoms with Crippen LogP contribution in [0, 0.1) is 0 Å². The largest absolute Gasteiger partial charge is 0.368 e. The zero-order chi connectivity index (χ0) is 18.4. The van der Waals surface area contributed by atoms with Crippen molar-refractivity contribution in [2.24, 2.45) is 0 Å². The van der Waals surface area contributed by atoms with Gasteiger partial charge < -0.3 is 15.1 Å². The van der Waals surface area contributed by atoms with E-state index in [9.17, 15) is 9.59 Å². The summed E-state index contributed by atoms with van der Waals surface area (Å²) in [4.78, 5) is 28.7. The lowest BCUT2D eigenvalue weighted by Crippen LogP contribution is -2.49. The molecular weight excluding hydrogens is 326 g/mol. The van der Waals surface area contributed by atoms with E-state index in [-0.39, 0.29) is 24.3 Å². The summed E-state index contributed by atoms with van der Waals surface area (Å²) in [5.41, 5.74) is 2.21. The van der Waals surface area contributed by atoms with Crippen molar-refractivity contribution in [3.63, 3.8) is 0 Å². The van der Waals surface area contributed by atoms with Gasteiger partial charge in [-0.25, -0.2) is 0 Å². The molecule has 136 valence electrons. The summed E-state index contributed by atoms with van der Waals surface area (Å²) in [5, 5.41) is 2.90. The van der Waals surface area contributed by atoms with Crippen LogP contribution >= 0.6 is 0 Å². The molecule has 1 saturated heterocycles. The molecule has 5 nitrogen and oxygen atoms in total. The Balaban J connectivity index is 1.46. The zero-order valence-corrected chi connectivity index (χ0v) is 15.1.